The van der Waals surface area contributed by atoms with Crippen LogP contribution in [0.5, 0.6) is 0 Å². The third-order valence-corrected chi connectivity index (χ3v) is 0.363. The van der Waals surface area contributed by atoms with Crippen LogP contribution < -0.4 is 0 Å². The molecule has 7 heavy (non-hydrogen) atoms. The molecule has 0 atom stereocenters. The summed E-state index contributed by atoms with van der Waals surface area (Å²) in [7, 11) is 0. The Morgan fingerprint density at radius 3 is 2.43 bits per heavy atom. The summed E-state index contributed by atoms with van der Waals surface area (Å²) in [5, 5.41) is 9.16. The van der Waals surface area contributed by atoms with Gasteiger partial charge in [-0.05, 0) is 5.22 Å². The maximum absolute atomic E-state index is 9.83. The molecule has 0 fully saturated rings. The summed E-state index contributed by atoms with van der Waals surface area (Å²) in [5.74, 6) is -0.380. The van der Waals surface area contributed by atoms with E-state index in [-0.39, 0.29) is 13.3 Å². The van der Waals surface area contributed by atoms with Crippen LogP contribution >= 0.6 is 0 Å². The van der Waals surface area contributed by atoms with Crippen LogP contribution in [0.3, 0.4) is 0 Å². The fraction of sp³-hybridized carbons (Fsp3) is 0.333. The van der Waals surface area contributed by atoms with Gasteiger partial charge in [-0.15, -0.1) is 5.10 Å². The van der Waals surface area contributed by atoms with Gasteiger partial charge >= 0.3 is 5.91 Å². The van der Waals surface area contributed by atoms with Crippen molar-refractivity contribution >= 4 is 12.1 Å². The molecule has 0 radical (unpaired) electrons. The maximum atomic E-state index is 9.83. The van der Waals surface area contributed by atoms with Gasteiger partial charge in [-0.1, -0.05) is 12.5 Å². The molecular formula is C3H5N3O. The Bertz CT molecular complexity index is 112. The first-order valence-electron chi connectivity index (χ1n) is 1.37. The van der Waals surface area contributed by atoms with E-state index >= 15 is 0 Å². The van der Waals surface area contributed by atoms with Gasteiger partial charge in [-0.25, -0.2) is 0 Å². The lowest BCUT2D eigenvalue weighted by molar-refractivity contribution is -0.111. The molecule has 4 heteroatoms. The monoisotopic (exact) mass is 99.0 g/mol. The number of hydrogen-bond donors (Lipinski definition) is 0. The van der Waals surface area contributed by atoms with Gasteiger partial charge in [0.05, 0.1) is 0 Å². The number of hydrogen-bond acceptors (Lipinski definition) is 3. The van der Waals surface area contributed by atoms with Gasteiger partial charge in [0.1, 0.15) is 6.21 Å². The van der Waals surface area contributed by atoms with E-state index in [9.17, 15) is 4.79 Å². The Morgan fingerprint density at radius 1 is 1.57 bits per heavy atom. The van der Waals surface area contributed by atoms with Crippen molar-refractivity contribution in [3.63, 3.8) is 0 Å². The first-order valence-corrected chi connectivity index (χ1v) is 1.37. The quantitative estimate of drug-likeness (QED) is 0.438. The van der Waals surface area contributed by atoms with E-state index in [0.717, 1.165) is 6.21 Å². The molecule has 0 aromatic carbocycles. The molecule has 0 saturated heterocycles. The minimum atomic E-state index is -0.380. The van der Waals surface area contributed by atoms with Crippen molar-refractivity contribution in [2.24, 2.45) is 15.4 Å². The Kier molecular flexibility index (Phi) is 1.84. The number of rotatable bonds is 0. The van der Waals surface area contributed by atoms with Crippen molar-refractivity contribution in [1.82, 2.24) is 0 Å². The fourth-order valence-electron chi connectivity index (χ4n) is 0.171. The van der Waals surface area contributed by atoms with Crippen molar-refractivity contribution < 1.29 is 4.79 Å². The van der Waals surface area contributed by atoms with Crippen molar-refractivity contribution in [1.29, 1.82) is 0 Å². The molecule has 4 nitrogen and oxygen atoms in total. The molecule has 1 amide bonds. The second-order valence-corrected chi connectivity index (χ2v) is 0.772. The highest BCUT2D eigenvalue weighted by Gasteiger charge is 1.94. The summed E-state index contributed by atoms with van der Waals surface area (Å²) in [6.45, 7) is 0. The Balaban J connectivity index is 0.000000360. The molecule has 0 unspecified atom stereocenters. The van der Waals surface area contributed by atoms with Crippen LogP contribution in [0.15, 0.2) is 15.4 Å². The fourth-order valence-corrected chi connectivity index (χ4v) is 0.171. The lowest BCUT2D eigenvalue weighted by Crippen LogP contribution is -1.84. The third kappa shape index (κ3) is 1.21. The first-order chi connectivity index (χ1) is 2.89. The van der Waals surface area contributed by atoms with Gasteiger partial charge < -0.3 is 0 Å². The highest BCUT2D eigenvalue weighted by molar-refractivity contribution is 6.27. The Morgan fingerprint density at radius 2 is 2.29 bits per heavy atom. The zero-order valence-electron chi connectivity index (χ0n) is 2.83. The minimum Gasteiger partial charge on any atom is -0.264 e. The minimum absolute atomic E-state index is 0. The van der Waals surface area contributed by atoms with Crippen LogP contribution in [0.2, 0.25) is 0 Å². The second-order valence-electron chi connectivity index (χ2n) is 0.772. The summed E-state index contributed by atoms with van der Waals surface area (Å²) < 4.78 is 0. The van der Waals surface area contributed by atoms with E-state index in [4.69, 9.17) is 0 Å². The molecule has 1 heterocycles. The average Bonchev–Trinajstić information content (AvgIpc) is 1.86. The molecule has 0 saturated carbocycles. The lowest BCUT2D eigenvalue weighted by Gasteiger charge is -1.55. The van der Waals surface area contributed by atoms with E-state index in [1.165, 1.54) is 0 Å². The summed E-state index contributed by atoms with van der Waals surface area (Å²) in [4.78, 5) is 9.83. The molecule has 0 N–H and O–H groups in total. The standard InChI is InChI=1S/C2HN3O.CH4/c6-2-1-3-5-4-2;/h1H;1H4. The SMILES string of the molecule is C.O=C1C=NN=N1. The van der Waals surface area contributed by atoms with Gasteiger partial charge in [0.15, 0.2) is 0 Å². The van der Waals surface area contributed by atoms with Crippen LogP contribution in [-0.4, -0.2) is 12.1 Å². The van der Waals surface area contributed by atoms with Crippen LogP contribution in [0.25, 0.3) is 0 Å². The topological polar surface area (TPSA) is 54.1 Å². The van der Waals surface area contributed by atoms with Gasteiger partial charge in [-0.2, -0.15) is 0 Å². The number of nitrogens with zero attached hydrogens (tertiary/aromatic N) is 3. The molecule has 0 aliphatic carbocycles. The molecule has 1 aliphatic rings. The maximum Gasteiger partial charge on any atom is 0.310 e. The van der Waals surface area contributed by atoms with E-state index in [2.05, 4.69) is 15.4 Å². The van der Waals surface area contributed by atoms with Gasteiger partial charge in [0.25, 0.3) is 0 Å². The zero-order valence-corrected chi connectivity index (χ0v) is 2.83. The highest BCUT2D eigenvalue weighted by Crippen LogP contribution is 1.83. The lowest BCUT2D eigenvalue weighted by atomic mass is 10.7. The van der Waals surface area contributed by atoms with Gasteiger partial charge in [0, 0.05) is 0 Å². The molecule has 1 aliphatic heterocycles. The van der Waals surface area contributed by atoms with E-state index in [1.807, 2.05) is 0 Å². The van der Waals surface area contributed by atoms with Crippen molar-refractivity contribution in [2.45, 2.75) is 7.43 Å². The summed E-state index contributed by atoms with van der Waals surface area (Å²) in [5.41, 5.74) is 0. The van der Waals surface area contributed by atoms with Crippen LogP contribution in [0.4, 0.5) is 0 Å². The van der Waals surface area contributed by atoms with Crippen LogP contribution in [0.1, 0.15) is 7.43 Å². The molecule has 38 valence electrons. The number of carbonyl (C=O) groups excluding carboxylic acids is 1. The van der Waals surface area contributed by atoms with Gasteiger partial charge in [0.2, 0.25) is 0 Å². The molecule has 1 rings (SSSR count). The predicted molar refractivity (Wildman–Crippen MR) is 25.1 cm³/mol. The second kappa shape index (κ2) is 2.17. The van der Waals surface area contributed by atoms with Crippen LogP contribution in [-0.2, 0) is 4.79 Å². The predicted octanol–water partition coefficient (Wildman–Crippen LogP) is 0.601. The van der Waals surface area contributed by atoms with Crippen LogP contribution in [0, 0.1) is 0 Å². The van der Waals surface area contributed by atoms with Crippen molar-refractivity contribution in [2.75, 3.05) is 0 Å². The van der Waals surface area contributed by atoms with Crippen molar-refractivity contribution in [3.8, 4) is 0 Å². The van der Waals surface area contributed by atoms with E-state index < -0.39 is 0 Å². The Hall–Kier alpha value is -1.06. The molecule has 0 spiro atoms. The molecular weight excluding hydrogens is 94.1 g/mol. The summed E-state index contributed by atoms with van der Waals surface area (Å²) >= 11 is 0. The van der Waals surface area contributed by atoms with Crippen molar-refractivity contribution in [3.05, 3.63) is 0 Å². The Labute approximate surface area is 40.9 Å². The van der Waals surface area contributed by atoms with Gasteiger partial charge in [-0.3, -0.25) is 4.79 Å². The largest absolute Gasteiger partial charge is 0.310 e. The molecule has 0 bridgehead atoms. The first kappa shape index (κ1) is 5.94. The summed E-state index contributed by atoms with van der Waals surface area (Å²) in [6, 6.07) is 0. The summed E-state index contributed by atoms with van der Waals surface area (Å²) in [6.07, 6.45) is 1.06. The third-order valence-electron chi connectivity index (χ3n) is 0.363. The normalized spacial score (nSPS) is 14.6. The number of amides is 1. The zero-order chi connectivity index (χ0) is 4.41. The smallest absolute Gasteiger partial charge is 0.264 e. The average molecular weight is 99.1 g/mol. The number of carbonyl (C=O) groups is 1. The molecule has 0 aromatic rings. The van der Waals surface area contributed by atoms with E-state index in [0.29, 0.717) is 0 Å². The highest BCUT2D eigenvalue weighted by atomic mass is 16.2. The van der Waals surface area contributed by atoms with E-state index in [1.54, 1.807) is 0 Å². The molecule has 0 aromatic heterocycles.